The summed E-state index contributed by atoms with van der Waals surface area (Å²) >= 11 is 0. The molecule has 1 N–H and O–H groups in total. The van der Waals surface area contributed by atoms with Gasteiger partial charge in [0.15, 0.2) is 0 Å². The fourth-order valence-corrected chi connectivity index (χ4v) is 3.32. The van der Waals surface area contributed by atoms with E-state index < -0.39 is 11.9 Å². The SMILES string of the molecule is COC(=O)c1ccc(N2CC(C(=O)Nc3cc(C)cc(C)c3)CC2=O)cc1. The fourth-order valence-electron chi connectivity index (χ4n) is 3.32. The maximum Gasteiger partial charge on any atom is 0.337 e. The lowest BCUT2D eigenvalue weighted by Crippen LogP contribution is -2.28. The molecule has 0 aliphatic carbocycles. The van der Waals surface area contributed by atoms with Crippen LogP contribution in [0, 0.1) is 19.8 Å². The summed E-state index contributed by atoms with van der Waals surface area (Å²) in [4.78, 5) is 38.1. The van der Waals surface area contributed by atoms with Crippen LogP contribution in [0.25, 0.3) is 0 Å². The minimum absolute atomic E-state index is 0.110. The first-order valence-electron chi connectivity index (χ1n) is 8.75. The minimum Gasteiger partial charge on any atom is -0.465 e. The molecule has 2 aromatic carbocycles. The van der Waals surface area contributed by atoms with Crippen molar-refractivity contribution in [3.8, 4) is 0 Å². The third-order valence-corrected chi connectivity index (χ3v) is 4.59. The summed E-state index contributed by atoms with van der Waals surface area (Å²) in [6, 6.07) is 12.4. The molecular weight excluding hydrogens is 344 g/mol. The Labute approximate surface area is 158 Å². The zero-order valence-electron chi connectivity index (χ0n) is 15.6. The first-order valence-corrected chi connectivity index (χ1v) is 8.75. The maximum absolute atomic E-state index is 12.6. The number of benzene rings is 2. The summed E-state index contributed by atoms with van der Waals surface area (Å²) in [5, 5.41) is 2.91. The highest BCUT2D eigenvalue weighted by Gasteiger charge is 2.35. The molecule has 0 bridgehead atoms. The first-order chi connectivity index (χ1) is 12.9. The largest absolute Gasteiger partial charge is 0.465 e. The monoisotopic (exact) mass is 366 g/mol. The van der Waals surface area contributed by atoms with Gasteiger partial charge in [0.05, 0.1) is 18.6 Å². The molecule has 27 heavy (non-hydrogen) atoms. The number of ether oxygens (including phenoxy) is 1. The number of hydrogen-bond acceptors (Lipinski definition) is 4. The Balaban J connectivity index is 1.69. The zero-order valence-corrected chi connectivity index (χ0v) is 15.6. The minimum atomic E-state index is -0.431. The predicted molar refractivity (Wildman–Crippen MR) is 103 cm³/mol. The number of carbonyl (C=O) groups is 3. The van der Waals surface area contributed by atoms with Crippen LogP contribution >= 0.6 is 0 Å². The molecule has 1 fully saturated rings. The third-order valence-electron chi connectivity index (χ3n) is 4.59. The van der Waals surface area contributed by atoms with Gasteiger partial charge in [0, 0.05) is 24.3 Å². The van der Waals surface area contributed by atoms with E-state index in [9.17, 15) is 14.4 Å². The lowest BCUT2D eigenvalue weighted by molar-refractivity contribution is -0.122. The van der Waals surface area contributed by atoms with Crippen molar-refractivity contribution < 1.29 is 19.1 Å². The topological polar surface area (TPSA) is 75.7 Å². The number of carbonyl (C=O) groups excluding carboxylic acids is 3. The Bertz CT molecular complexity index is 869. The van der Waals surface area contributed by atoms with Crippen LogP contribution in [-0.4, -0.2) is 31.4 Å². The van der Waals surface area contributed by atoms with Crippen LogP contribution in [0.3, 0.4) is 0 Å². The number of amides is 2. The van der Waals surface area contributed by atoms with Crippen LogP contribution in [0.15, 0.2) is 42.5 Å². The lowest BCUT2D eigenvalue weighted by Gasteiger charge is -2.17. The summed E-state index contributed by atoms with van der Waals surface area (Å²) in [5.74, 6) is -1.12. The van der Waals surface area contributed by atoms with Crippen LogP contribution in [0.1, 0.15) is 27.9 Å². The standard InChI is InChI=1S/C21H22N2O4/c1-13-8-14(2)10-17(9-13)22-20(25)16-11-19(24)23(12-16)18-6-4-15(5-7-18)21(26)27-3/h4-10,16H,11-12H2,1-3H3,(H,22,25). The smallest absolute Gasteiger partial charge is 0.337 e. The highest BCUT2D eigenvalue weighted by atomic mass is 16.5. The lowest BCUT2D eigenvalue weighted by atomic mass is 10.1. The number of hydrogen-bond donors (Lipinski definition) is 1. The van der Waals surface area contributed by atoms with Crippen molar-refractivity contribution >= 4 is 29.2 Å². The van der Waals surface area contributed by atoms with Gasteiger partial charge in [-0.2, -0.15) is 0 Å². The number of rotatable bonds is 4. The zero-order chi connectivity index (χ0) is 19.6. The molecule has 1 aliphatic heterocycles. The number of methoxy groups -OCH3 is 1. The Morgan fingerprint density at radius 2 is 1.70 bits per heavy atom. The van der Waals surface area contributed by atoms with Crippen molar-refractivity contribution in [3.05, 3.63) is 59.2 Å². The molecule has 1 aliphatic rings. The van der Waals surface area contributed by atoms with Gasteiger partial charge in [-0.25, -0.2) is 4.79 Å². The Morgan fingerprint density at radius 1 is 1.07 bits per heavy atom. The van der Waals surface area contributed by atoms with Gasteiger partial charge in [-0.1, -0.05) is 6.07 Å². The van der Waals surface area contributed by atoms with E-state index in [2.05, 4.69) is 10.1 Å². The van der Waals surface area contributed by atoms with Crippen LogP contribution in [0.5, 0.6) is 0 Å². The number of aryl methyl sites for hydroxylation is 2. The van der Waals surface area contributed by atoms with Crippen molar-refractivity contribution in [2.75, 3.05) is 23.9 Å². The van der Waals surface area contributed by atoms with Gasteiger partial charge >= 0.3 is 5.97 Å². The molecule has 1 unspecified atom stereocenters. The van der Waals surface area contributed by atoms with E-state index in [-0.39, 0.29) is 18.2 Å². The highest BCUT2D eigenvalue weighted by molar-refractivity contribution is 6.03. The Morgan fingerprint density at radius 3 is 2.30 bits per heavy atom. The van der Waals surface area contributed by atoms with Crippen LogP contribution in [-0.2, 0) is 14.3 Å². The molecule has 0 aromatic heterocycles. The molecular formula is C21H22N2O4. The number of esters is 1. The Hall–Kier alpha value is -3.15. The first kappa shape index (κ1) is 18.6. The average Bonchev–Trinajstić information content (AvgIpc) is 3.02. The quantitative estimate of drug-likeness (QED) is 0.844. The van der Waals surface area contributed by atoms with E-state index in [1.54, 1.807) is 29.2 Å². The summed E-state index contributed by atoms with van der Waals surface area (Å²) in [6.45, 7) is 4.26. The molecule has 0 radical (unpaired) electrons. The van der Waals surface area contributed by atoms with E-state index in [1.165, 1.54) is 7.11 Å². The van der Waals surface area contributed by atoms with Gasteiger partial charge in [-0.15, -0.1) is 0 Å². The molecule has 0 spiro atoms. The summed E-state index contributed by atoms with van der Waals surface area (Å²) < 4.78 is 4.67. The van der Waals surface area contributed by atoms with E-state index in [4.69, 9.17) is 0 Å². The molecule has 6 heteroatoms. The van der Waals surface area contributed by atoms with Crippen LogP contribution in [0.2, 0.25) is 0 Å². The number of anilines is 2. The third kappa shape index (κ3) is 4.16. The van der Waals surface area contributed by atoms with E-state index >= 15 is 0 Å². The number of nitrogens with one attached hydrogen (secondary N) is 1. The molecule has 2 aromatic rings. The summed E-state index contributed by atoms with van der Waals surface area (Å²) in [7, 11) is 1.32. The maximum atomic E-state index is 12.6. The molecule has 3 rings (SSSR count). The molecule has 1 atom stereocenters. The van der Waals surface area contributed by atoms with Crippen LogP contribution in [0.4, 0.5) is 11.4 Å². The fraction of sp³-hybridized carbons (Fsp3) is 0.286. The molecule has 6 nitrogen and oxygen atoms in total. The van der Waals surface area contributed by atoms with E-state index in [0.717, 1.165) is 16.8 Å². The molecule has 2 amide bonds. The van der Waals surface area contributed by atoms with Crippen molar-refractivity contribution in [1.82, 2.24) is 0 Å². The summed E-state index contributed by atoms with van der Waals surface area (Å²) in [6.07, 6.45) is 0.162. The van der Waals surface area contributed by atoms with Gasteiger partial charge in [0.1, 0.15) is 0 Å². The number of nitrogens with zero attached hydrogens (tertiary/aromatic N) is 1. The highest BCUT2D eigenvalue weighted by Crippen LogP contribution is 2.27. The van der Waals surface area contributed by atoms with Gasteiger partial charge in [-0.05, 0) is 61.4 Å². The molecule has 1 heterocycles. The van der Waals surface area contributed by atoms with Crippen molar-refractivity contribution in [1.29, 1.82) is 0 Å². The van der Waals surface area contributed by atoms with Gasteiger partial charge in [0.2, 0.25) is 11.8 Å². The summed E-state index contributed by atoms with van der Waals surface area (Å²) in [5.41, 5.74) is 3.96. The van der Waals surface area contributed by atoms with E-state index in [0.29, 0.717) is 17.8 Å². The molecule has 1 saturated heterocycles. The van der Waals surface area contributed by atoms with Crippen molar-refractivity contribution in [2.45, 2.75) is 20.3 Å². The van der Waals surface area contributed by atoms with Crippen molar-refractivity contribution in [2.24, 2.45) is 5.92 Å². The molecule has 140 valence electrons. The van der Waals surface area contributed by atoms with Gasteiger partial charge in [0.25, 0.3) is 0 Å². The van der Waals surface area contributed by atoms with Gasteiger partial charge in [-0.3, -0.25) is 9.59 Å². The average molecular weight is 366 g/mol. The normalized spacial score (nSPS) is 16.3. The van der Waals surface area contributed by atoms with Crippen LogP contribution < -0.4 is 10.2 Å². The second kappa shape index (κ2) is 7.61. The van der Waals surface area contributed by atoms with Gasteiger partial charge < -0.3 is 15.0 Å². The molecule has 0 saturated carbocycles. The predicted octanol–water partition coefficient (Wildman–Crippen LogP) is 3.08. The van der Waals surface area contributed by atoms with Crippen molar-refractivity contribution in [3.63, 3.8) is 0 Å². The second-order valence-electron chi connectivity index (χ2n) is 6.81. The van der Waals surface area contributed by atoms with E-state index in [1.807, 2.05) is 32.0 Å². The second-order valence-corrected chi connectivity index (χ2v) is 6.81. The Kier molecular flexibility index (Phi) is 5.26.